The summed E-state index contributed by atoms with van der Waals surface area (Å²) in [4.78, 5) is 20.4. The van der Waals surface area contributed by atoms with Crippen LogP contribution in [0.2, 0.25) is 0 Å². The van der Waals surface area contributed by atoms with Gasteiger partial charge in [0, 0.05) is 48.5 Å². The highest BCUT2D eigenvalue weighted by molar-refractivity contribution is 6.04. The summed E-state index contributed by atoms with van der Waals surface area (Å²) in [6, 6.07) is 14.8. The van der Waals surface area contributed by atoms with E-state index >= 15 is 0 Å². The van der Waals surface area contributed by atoms with Crippen LogP contribution in [0.25, 0.3) is 16.9 Å². The molecule has 1 aromatic carbocycles. The van der Waals surface area contributed by atoms with Crippen molar-refractivity contribution in [1.29, 1.82) is 0 Å². The van der Waals surface area contributed by atoms with Crippen LogP contribution >= 0.6 is 0 Å². The van der Waals surface area contributed by atoms with Crippen LogP contribution in [0, 0.1) is 0 Å². The second-order valence-electron chi connectivity index (χ2n) is 6.69. The maximum absolute atomic E-state index is 13.9. The van der Waals surface area contributed by atoms with Crippen LogP contribution in [-0.2, 0) is 5.92 Å². The molecule has 4 aromatic rings. The van der Waals surface area contributed by atoms with E-state index in [1.54, 1.807) is 73.3 Å². The number of benzene rings is 1. The number of rotatable bonds is 5. The average molecular weight is 439 g/mol. The lowest BCUT2D eigenvalue weighted by atomic mass is 10.1. The largest absolute Gasteiger partial charge is 0.322 e. The topological polar surface area (TPSA) is 72.7 Å². The molecule has 3 aromatic heterocycles. The van der Waals surface area contributed by atoms with E-state index in [0.717, 1.165) is 6.92 Å². The summed E-state index contributed by atoms with van der Waals surface area (Å²) in [6.07, 6.45) is 6.35. The van der Waals surface area contributed by atoms with E-state index in [4.69, 9.17) is 0 Å². The zero-order valence-corrected chi connectivity index (χ0v) is 17.3. The van der Waals surface area contributed by atoms with Gasteiger partial charge in [0.1, 0.15) is 5.69 Å². The molecule has 32 heavy (non-hydrogen) atoms. The van der Waals surface area contributed by atoms with Crippen LogP contribution < -0.4 is 5.32 Å². The van der Waals surface area contributed by atoms with Gasteiger partial charge in [0.2, 0.25) is 0 Å². The third-order valence-electron chi connectivity index (χ3n) is 4.43. The molecule has 0 fully saturated rings. The quantitative estimate of drug-likeness (QED) is 0.459. The molecule has 0 aliphatic rings. The van der Waals surface area contributed by atoms with Gasteiger partial charge in [0.05, 0.1) is 18.6 Å². The fraction of sp³-hybridized carbons (Fsp3) is 0.130. The Morgan fingerprint density at radius 1 is 0.969 bits per heavy atom. The maximum atomic E-state index is 13.9. The number of pyridine rings is 2. The molecule has 6 nitrogen and oxygen atoms in total. The van der Waals surface area contributed by atoms with Gasteiger partial charge >= 0.3 is 0 Å². The van der Waals surface area contributed by atoms with E-state index in [2.05, 4.69) is 20.4 Å². The molecule has 0 unspecified atom stereocenters. The highest BCUT2D eigenvalue weighted by Gasteiger charge is 2.29. The Labute approximate surface area is 182 Å². The minimum atomic E-state index is -3.09. The highest BCUT2D eigenvalue weighted by Crippen LogP contribution is 2.31. The maximum Gasteiger partial charge on any atom is 0.288 e. The van der Waals surface area contributed by atoms with Crippen LogP contribution in [-0.4, -0.2) is 32.8 Å². The van der Waals surface area contributed by atoms with Gasteiger partial charge in [-0.05, 0) is 54.6 Å². The van der Waals surface area contributed by atoms with Crippen molar-refractivity contribution in [2.24, 2.45) is 0 Å². The molecule has 1 N–H and O–H groups in total. The molecule has 0 atom stereocenters. The van der Waals surface area contributed by atoms with Crippen molar-refractivity contribution in [3.05, 3.63) is 90.6 Å². The number of aromatic nitrogens is 4. The second-order valence-corrected chi connectivity index (χ2v) is 6.69. The van der Waals surface area contributed by atoms with E-state index in [1.165, 1.54) is 10.7 Å². The normalized spacial score (nSPS) is 10.8. The Morgan fingerprint density at radius 3 is 2.25 bits per heavy atom. The molecule has 0 saturated carbocycles. The van der Waals surface area contributed by atoms with Gasteiger partial charge in [-0.15, -0.1) is 0 Å². The highest BCUT2D eigenvalue weighted by atomic mass is 19.3. The zero-order chi connectivity index (χ0) is 23.1. The molecule has 0 spiro atoms. The first kappa shape index (κ1) is 22.7. The lowest BCUT2D eigenvalue weighted by Crippen LogP contribution is -2.12. The Bertz CT molecular complexity index is 1160. The molecule has 0 radical (unpaired) electrons. The van der Waals surface area contributed by atoms with Gasteiger partial charge in [0.15, 0.2) is 0 Å². The molecule has 0 aliphatic carbocycles. The Morgan fingerprint density at radius 2 is 1.66 bits per heavy atom. The minimum absolute atomic E-state index is 0.290. The number of carbonyl (C=O) groups is 1. The standard InChI is InChI=1S/C22H17F2N5O.CH3F/c1-22(23,24)20-13-19(16-3-2-10-26-14-16)29(28-20)18-6-4-15(5-7-18)21(30)27-17-8-11-25-12-9-17;1-2/h2-14H,1H3,(H,25,27,30);1H3. The number of nitrogens with zero attached hydrogens (tertiary/aromatic N) is 4. The van der Waals surface area contributed by atoms with Crippen molar-refractivity contribution < 1.29 is 18.0 Å². The summed E-state index contributed by atoms with van der Waals surface area (Å²) in [7, 11) is 0.500. The van der Waals surface area contributed by atoms with Gasteiger partial charge in [-0.3, -0.25) is 19.2 Å². The molecule has 3 heterocycles. The number of halogens is 3. The predicted molar refractivity (Wildman–Crippen MR) is 116 cm³/mol. The van der Waals surface area contributed by atoms with E-state index in [0.29, 0.717) is 35.4 Å². The summed E-state index contributed by atoms with van der Waals surface area (Å²) in [5, 5.41) is 6.87. The Balaban J connectivity index is 0.00000141. The second kappa shape index (κ2) is 9.86. The molecule has 1 amide bonds. The third-order valence-corrected chi connectivity index (χ3v) is 4.43. The summed E-state index contributed by atoms with van der Waals surface area (Å²) >= 11 is 0. The van der Waals surface area contributed by atoms with Crippen LogP contribution in [0.5, 0.6) is 0 Å². The van der Waals surface area contributed by atoms with Gasteiger partial charge in [-0.1, -0.05) is 0 Å². The van der Waals surface area contributed by atoms with E-state index in [9.17, 15) is 18.0 Å². The molecular weight excluding hydrogens is 419 g/mol. The lowest BCUT2D eigenvalue weighted by Gasteiger charge is -2.09. The number of nitrogens with one attached hydrogen (secondary N) is 1. The van der Waals surface area contributed by atoms with Crippen molar-refractivity contribution >= 4 is 11.6 Å². The molecule has 0 bridgehead atoms. The lowest BCUT2D eigenvalue weighted by molar-refractivity contribution is 0.0124. The molecule has 164 valence electrons. The van der Waals surface area contributed by atoms with Gasteiger partial charge in [-0.2, -0.15) is 13.9 Å². The van der Waals surface area contributed by atoms with E-state index in [1.807, 2.05) is 0 Å². The van der Waals surface area contributed by atoms with Crippen LogP contribution in [0.15, 0.2) is 79.4 Å². The van der Waals surface area contributed by atoms with Crippen molar-refractivity contribution in [2.75, 3.05) is 12.5 Å². The van der Waals surface area contributed by atoms with Crippen molar-refractivity contribution in [3.8, 4) is 16.9 Å². The van der Waals surface area contributed by atoms with Gasteiger partial charge in [0.25, 0.3) is 11.8 Å². The Kier molecular flexibility index (Phi) is 6.99. The van der Waals surface area contributed by atoms with Crippen LogP contribution in [0.3, 0.4) is 0 Å². The first-order valence-electron chi connectivity index (χ1n) is 9.50. The van der Waals surface area contributed by atoms with E-state index < -0.39 is 5.92 Å². The number of carbonyl (C=O) groups excluding carboxylic acids is 1. The fourth-order valence-electron chi connectivity index (χ4n) is 2.90. The van der Waals surface area contributed by atoms with E-state index in [-0.39, 0.29) is 11.6 Å². The first-order chi connectivity index (χ1) is 15.4. The number of anilines is 1. The monoisotopic (exact) mass is 439 g/mol. The van der Waals surface area contributed by atoms with Crippen molar-refractivity contribution in [3.63, 3.8) is 0 Å². The average Bonchev–Trinajstić information content (AvgIpc) is 3.28. The number of hydrogen-bond acceptors (Lipinski definition) is 4. The van der Waals surface area contributed by atoms with Crippen molar-refractivity contribution in [2.45, 2.75) is 12.8 Å². The summed E-state index contributed by atoms with van der Waals surface area (Å²) in [5.74, 6) is -3.38. The molecule has 0 saturated heterocycles. The molecule has 0 aliphatic heterocycles. The van der Waals surface area contributed by atoms with Crippen molar-refractivity contribution in [1.82, 2.24) is 19.7 Å². The molecular formula is C23H20F3N5O. The summed E-state index contributed by atoms with van der Waals surface area (Å²) in [5.41, 5.74) is 2.38. The molecule has 4 rings (SSSR count). The summed E-state index contributed by atoms with van der Waals surface area (Å²) in [6.45, 7) is 0.805. The van der Waals surface area contributed by atoms with Gasteiger partial charge in [-0.25, -0.2) is 4.68 Å². The third kappa shape index (κ3) is 5.18. The van der Waals surface area contributed by atoms with Crippen LogP contribution in [0.1, 0.15) is 23.0 Å². The first-order valence-corrected chi connectivity index (χ1v) is 9.50. The van der Waals surface area contributed by atoms with Gasteiger partial charge < -0.3 is 5.32 Å². The summed E-state index contributed by atoms with van der Waals surface area (Å²) < 4.78 is 38.7. The minimum Gasteiger partial charge on any atom is -0.322 e. The number of hydrogen-bond donors (Lipinski definition) is 1. The Hall–Kier alpha value is -4.01. The molecule has 9 heteroatoms. The van der Waals surface area contributed by atoms with Crippen LogP contribution in [0.4, 0.5) is 18.9 Å². The fourth-order valence-corrected chi connectivity index (χ4v) is 2.90. The smallest absolute Gasteiger partial charge is 0.288 e. The zero-order valence-electron chi connectivity index (χ0n) is 17.3. The number of alkyl halides is 3. The number of amides is 1. The SMILES string of the molecule is CC(F)(F)c1cc(-c2cccnc2)n(-c2ccc(C(=O)Nc3ccncc3)cc2)n1.CF. The predicted octanol–water partition coefficient (Wildman–Crippen LogP) is 5.28.